The monoisotopic (exact) mass is 341 g/mol. The van der Waals surface area contributed by atoms with Gasteiger partial charge in [-0.2, -0.15) is 0 Å². The van der Waals surface area contributed by atoms with Crippen LogP contribution < -0.4 is 10.1 Å². The van der Waals surface area contributed by atoms with E-state index < -0.39 is 0 Å². The third kappa shape index (κ3) is 5.41. The topological polar surface area (TPSA) is 61.9 Å². The molecule has 0 radical (unpaired) electrons. The molecule has 1 heterocycles. The average molecular weight is 342 g/mol. The predicted molar refractivity (Wildman–Crippen MR) is 91.3 cm³/mol. The van der Waals surface area contributed by atoms with Gasteiger partial charge in [0.25, 0.3) is 5.91 Å². The first-order valence-corrected chi connectivity index (χ1v) is 7.58. The molecule has 1 aromatic carbocycles. The maximum Gasteiger partial charge on any atom is 0.254 e. The quantitative estimate of drug-likeness (QED) is 0.868. The lowest BCUT2D eigenvalue weighted by Gasteiger charge is -2.29. The van der Waals surface area contributed by atoms with Crippen LogP contribution in [0.1, 0.15) is 17.3 Å². The lowest BCUT2D eigenvalue weighted by atomic mass is 10.2. The largest absolute Gasteiger partial charge is 0.494 e. The van der Waals surface area contributed by atoms with Crippen LogP contribution in [0.2, 0.25) is 0 Å². The number of nitrogens with one attached hydrogen (secondary N) is 1. The molecule has 128 valence electrons. The molecule has 0 aromatic heterocycles. The van der Waals surface area contributed by atoms with Crippen LogP contribution >= 0.6 is 12.4 Å². The van der Waals surface area contributed by atoms with Crippen LogP contribution in [0.15, 0.2) is 24.3 Å². The first kappa shape index (κ1) is 19.3. The van der Waals surface area contributed by atoms with Crippen LogP contribution in [0.4, 0.5) is 0 Å². The van der Waals surface area contributed by atoms with E-state index >= 15 is 0 Å². The molecule has 2 amide bonds. The number of ether oxygens (including phenoxy) is 1. The molecule has 0 spiro atoms. The van der Waals surface area contributed by atoms with E-state index in [4.69, 9.17) is 4.74 Å². The fourth-order valence-electron chi connectivity index (χ4n) is 2.37. The zero-order valence-electron chi connectivity index (χ0n) is 13.6. The van der Waals surface area contributed by atoms with Gasteiger partial charge in [-0.3, -0.25) is 9.59 Å². The fourth-order valence-corrected chi connectivity index (χ4v) is 2.37. The van der Waals surface area contributed by atoms with E-state index in [9.17, 15) is 9.59 Å². The van der Waals surface area contributed by atoms with Gasteiger partial charge in [-0.05, 0) is 31.2 Å². The van der Waals surface area contributed by atoms with Crippen LogP contribution in [-0.2, 0) is 4.79 Å². The highest BCUT2D eigenvalue weighted by molar-refractivity contribution is 5.96. The Kier molecular flexibility index (Phi) is 7.85. The SMILES string of the molecule is CCOc1ccc(C(=O)N(C)CC(=O)N2CCNCC2)cc1.Cl. The summed E-state index contributed by atoms with van der Waals surface area (Å²) in [6, 6.07) is 6.98. The summed E-state index contributed by atoms with van der Waals surface area (Å²) in [7, 11) is 1.65. The number of hydrogen-bond donors (Lipinski definition) is 1. The average Bonchev–Trinajstić information content (AvgIpc) is 2.56. The molecule has 0 saturated carbocycles. The van der Waals surface area contributed by atoms with Gasteiger partial charge in [0.05, 0.1) is 13.2 Å². The second-order valence-electron chi connectivity index (χ2n) is 5.25. The molecule has 7 heteroatoms. The molecule has 1 aliphatic heterocycles. The lowest BCUT2D eigenvalue weighted by molar-refractivity contribution is -0.132. The molecule has 2 rings (SSSR count). The van der Waals surface area contributed by atoms with Gasteiger partial charge >= 0.3 is 0 Å². The van der Waals surface area contributed by atoms with Gasteiger partial charge in [0.1, 0.15) is 5.75 Å². The Morgan fingerprint density at radius 1 is 1.22 bits per heavy atom. The molecule has 0 aliphatic carbocycles. The first-order chi connectivity index (χ1) is 10.6. The summed E-state index contributed by atoms with van der Waals surface area (Å²) in [4.78, 5) is 27.8. The smallest absolute Gasteiger partial charge is 0.254 e. The predicted octanol–water partition coefficient (Wildman–Crippen LogP) is 1.01. The Morgan fingerprint density at radius 3 is 2.39 bits per heavy atom. The molecule has 0 unspecified atom stereocenters. The van der Waals surface area contributed by atoms with Gasteiger partial charge < -0.3 is 19.9 Å². The number of halogens is 1. The zero-order valence-corrected chi connectivity index (χ0v) is 14.4. The van der Waals surface area contributed by atoms with Gasteiger partial charge in [-0.15, -0.1) is 12.4 Å². The van der Waals surface area contributed by atoms with Crippen LogP contribution in [-0.4, -0.2) is 68.0 Å². The van der Waals surface area contributed by atoms with Gasteiger partial charge in [0.15, 0.2) is 0 Å². The van der Waals surface area contributed by atoms with Gasteiger partial charge in [0.2, 0.25) is 5.91 Å². The molecular weight excluding hydrogens is 318 g/mol. The Balaban J connectivity index is 0.00000264. The summed E-state index contributed by atoms with van der Waals surface area (Å²) in [5, 5.41) is 3.20. The molecule has 1 N–H and O–H groups in total. The summed E-state index contributed by atoms with van der Waals surface area (Å²) >= 11 is 0. The second kappa shape index (κ2) is 9.37. The molecule has 23 heavy (non-hydrogen) atoms. The third-order valence-corrected chi connectivity index (χ3v) is 3.60. The highest BCUT2D eigenvalue weighted by Gasteiger charge is 2.20. The standard InChI is InChI=1S/C16H23N3O3.ClH/c1-3-22-14-6-4-13(5-7-14)16(21)18(2)12-15(20)19-10-8-17-9-11-19;/h4-7,17H,3,8-12H2,1-2H3;1H. The zero-order chi connectivity index (χ0) is 15.9. The Bertz CT molecular complexity index is 516. The minimum absolute atomic E-state index is 0. The normalized spacial score (nSPS) is 13.9. The van der Waals surface area contributed by atoms with E-state index in [2.05, 4.69) is 5.32 Å². The van der Waals surface area contributed by atoms with E-state index in [1.165, 1.54) is 4.90 Å². The summed E-state index contributed by atoms with van der Waals surface area (Å²) in [5.74, 6) is 0.563. The number of likely N-dealkylation sites (N-methyl/N-ethyl adjacent to an activating group) is 1. The summed E-state index contributed by atoms with van der Waals surface area (Å²) < 4.78 is 5.35. The Labute approximate surface area is 143 Å². The van der Waals surface area contributed by atoms with Crippen molar-refractivity contribution in [1.29, 1.82) is 0 Å². The number of benzene rings is 1. The van der Waals surface area contributed by atoms with Crippen molar-refractivity contribution in [1.82, 2.24) is 15.1 Å². The fraction of sp³-hybridized carbons (Fsp3) is 0.500. The molecule has 6 nitrogen and oxygen atoms in total. The molecule has 1 aromatic rings. The summed E-state index contributed by atoms with van der Waals surface area (Å²) in [6.45, 7) is 5.62. The number of rotatable bonds is 5. The van der Waals surface area contributed by atoms with Crippen molar-refractivity contribution in [2.24, 2.45) is 0 Å². The molecular formula is C16H24ClN3O3. The van der Waals surface area contributed by atoms with Gasteiger partial charge in [-0.25, -0.2) is 0 Å². The highest BCUT2D eigenvalue weighted by Crippen LogP contribution is 2.13. The second-order valence-corrected chi connectivity index (χ2v) is 5.25. The van der Waals surface area contributed by atoms with Crippen molar-refractivity contribution in [2.45, 2.75) is 6.92 Å². The van der Waals surface area contributed by atoms with E-state index in [0.29, 0.717) is 25.3 Å². The van der Waals surface area contributed by atoms with Crippen molar-refractivity contribution >= 4 is 24.2 Å². The van der Waals surface area contributed by atoms with E-state index in [-0.39, 0.29) is 30.8 Å². The molecule has 1 fully saturated rings. The van der Waals surface area contributed by atoms with Crippen molar-refractivity contribution in [3.05, 3.63) is 29.8 Å². The van der Waals surface area contributed by atoms with E-state index in [0.717, 1.165) is 18.8 Å². The lowest BCUT2D eigenvalue weighted by Crippen LogP contribution is -2.49. The summed E-state index contributed by atoms with van der Waals surface area (Å²) in [6.07, 6.45) is 0. The molecule has 0 bridgehead atoms. The maximum atomic E-state index is 12.3. The number of piperazine rings is 1. The third-order valence-electron chi connectivity index (χ3n) is 3.60. The molecule has 1 aliphatic rings. The van der Waals surface area contributed by atoms with Crippen molar-refractivity contribution in [3.8, 4) is 5.75 Å². The summed E-state index contributed by atoms with van der Waals surface area (Å²) in [5.41, 5.74) is 0.555. The van der Waals surface area contributed by atoms with Gasteiger partial charge in [0, 0.05) is 38.8 Å². The Morgan fingerprint density at radius 2 is 1.83 bits per heavy atom. The van der Waals surface area contributed by atoms with E-state index in [1.807, 2.05) is 6.92 Å². The van der Waals surface area contributed by atoms with Crippen molar-refractivity contribution in [2.75, 3.05) is 46.4 Å². The highest BCUT2D eigenvalue weighted by atomic mass is 35.5. The van der Waals surface area contributed by atoms with Crippen molar-refractivity contribution < 1.29 is 14.3 Å². The number of carbonyl (C=O) groups is 2. The minimum Gasteiger partial charge on any atom is -0.494 e. The first-order valence-electron chi connectivity index (χ1n) is 7.58. The number of carbonyl (C=O) groups excluding carboxylic acids is 2. The maximum absolute atomic E-state index is 12.3. The van der Waals surface area contributed by atoms with Crippen LogP contribution in [0, 0.1) is 0 Å². The Hall–Kier alpha value is -1.79. The number of nitrogens with zero attached hydrogens (tertiary/aromatic N) is 2. The van der Waals surface area contributed by atoms with Crippen molar-refractivity contribution in [3.63, 3.8) is 0 Å². The van der Waals surface area contributed by atoms with Gasteiger partial charge in [-0.1, -0.05) is 0 Å². The van der Waals surface area contributed by atoms with Crippen LogP contribution in [0.25, 0.3) is 0 Å². The minimum atomic E-state index is -0.161. The number of amides is 2. The molecule has 0 atom stereocenters. The molecule has 1 saturated heterocycles. The van der Waals surface area contributed by atoms with Crippen LogP contribution in [0.5, 0.6) is 5.75 Å². The van der Waals surface area contributed by atoms with Crippen LogP contribution in [0.3, 0.4) is 0 Å². The number of hydrogen-bond acceptors (Lipinski definition) is 4. The van der Waals surface area contributed by atoms with E-state index in [1.54, 1.807) is 36.2 Å².